The average Bonchev–Trinajstić information content (AvgIpc) is 2.90. The third-order valence-electron chi connectivity index (χ3n) is 4.83. The number of amides is 1. The number of carbonyl (C=O) groups excluding carboxylic acids is 2. The summed E-state index contributed by atoms with van der Waals surface area (Å²) in [4.78, 5) is 24.4. The van der Waals surface area contributed by atoms with Gasteiger partial charge in [0.25, 0.3) is 5.91 Å². The van der Waals surface area contributed by atoms with Crippen molar-refractivity contribution >= 4 is 34.3 Å². The Balaban J connectivity index is 2.17. The van der Waals surface area contributed by atoms with Crippen LogP contribution in [0.15, 0.2) is 42.5 Å². The van der Waals surface area contributed by atoms with E-state index in [1.165, 1.54) is 0 Å². The zero-order valence-corrected chi connectivity index (χ0v) is 16.0. The van der Waals surface area contributed by atoms with Gasteiger partial charge in [0.1, 0.15) is 5.75 Å². The van der Waals surface area contributed by atoms with E-state index in [1.807, 2.05) is 13.8 Å². The summed E-state index contributed by atoms with van der Waals surface area (Å²) >= 11 is 6.04. The summed E-state index contributed by atoms with van der Waals surface area (Å²) in [7, 11) is 0. The number of halogens is 1. The lowest BCUT2D eigenvalue weighted by molar-refractivity contribution is -0.118. The Bertz CT molecular complexity index is 1040. The Labute approximate surface area is 162 Å². The Morgan fingerprint density at radius 2 is 1.96 bits per heavy atom. The number of aromatic hydroxyl groups is 1. The van der Waals surface area contributed by atoms with Crippen molar-refractivity contribution in [2.45, 2.75) is 32.6 Å². The summed E-state index contributed by atoms with van der Waals surface area (Å²) in [6.07, 6.45) is 0.824. The number of nitrogens with two attached hydrogens (primary N) is 1. The molecule has 3 rings (SSSR count). The highest BCUT2D eigenvalue weighted by molar-refractivity contribution is 6.31. The first-order chi connectivity index (χ1) is 12.8. The molecular weight excluding hydrogens is 364 g/mol. The number of carbonyl (C=O) groups is 2. The first kappa shape index (κ1) is 19.0. The second-order valence-corrected chi connectivity index (χ2v) is 7.19. The standard InChI is InChI=1S/C21H21ClN2O3/c1-12(6-9-19(23)26)20-13(2)24(18-8-7-16(25)11-17(18)20)21(27)14-4-3-5-15(22)10-14/h3-5,7-8,10-12,25H,6,9H2,1-2H3,(H2,23,26)/t12-/m0/s1. The van der Waals surface area contributed by atoms with Crippen LogP contribution in [0.5, 0.6) is 5.75 Å². The van der Waals surface area contributed by atoms with Crippen molar-refractivity contribution in [1.82, 2.24) is 4.57 Å². The molecule has 27 heavy (non-hydrogen) atoms. The molecule has 0 aliphatic rings. The smallest absolute Gasteiger partial charge is 0.262 e. The Morgan fingerprint density at radius 1 is 1.22 bits per heavy atom. The molecule has 3 N–H and O–H groups in total. The van der Waals surface area contributed by atoms with E-state index in [-0.39, 0.29) is 29.9 Å². The third kappa shape index (κ3) is 3.69. The molecule has 5 nitrogen and oxygen atoms in total. The lowest BCUT2D eigenvalue weighted by Gasteiger charge is -2.12. The molecule has 0 bridgehead atoms. The van der Waals surface area contributed by atoms with E-state index in [0.29, 0.717) is 22.5 Å². The van der Waals surface area contributed by atoms with Gasteiger partial charge in [-0.05, 0) is 61.2 Å². The fourth-order valence-corrected chi connectivity index (χ4v) is 3.76. The number of rotatable bonds is 5. The molecule has 1 heterocycles. The van der Waals surface area contributed by atoms with Gasteiger partial charge >= 0.3 is 0 Å². The van der Waals surface area contributed by atoms with Gasteiger partial charge in [0.05, 0.1) is 5.52 Å². The summed E-state index contributed by atoms with van der Waals surface area (Å²) in [5.41, 5.74) is 8.17. The third-order valence-corrected chi connectivity index (χ3v) is 5.06. The fourth-order valence-electron chi connectivity index (χ4n) is 3.57. The molecule has 1 amide bonds. The number of primary amides is 1. The van der Waals surface area contributed by atoms with Crippen LogP contribution in [0.25, 0.3) is 10.9 Å². The quantitative estimate of drug-likeness (QED) is 0.685. The molecule has 0 fully saturated rings. The highest BCUT2D eigenvalue weighted by atomic mass is 35.5. The summed E-state index contributed by atoms with van der Waals surface area (Å²) in [5.74, 6) is -0.437. The molecule has 1 aromatic heterocycles. The zero-order chi connectivity index (χ0) is 19.7. The van der Waals surface area contributed by atoms with Gasteiger partial charge in [-0.15, -0.1) is 0 Å². The first-order valence-corrected chi connectivity index (χ1v) is 9.10. The van der Waals surface area contributed by atoms with Crippen LogP contribution in [0.3, 0.4) is 0 Å². The molecule has 6 heteroatoms. The highest BCUT2D eigenvalue weighted by Gasteiger charge is 2.23. The highest BCUT2D eigenvalue weighted by Crippen LogP contribution is 2.36. The van der Waals surface area contributed by atoms with Crippen LogP contribution in [0.4, 0.5) is 0 Å². The van der Waals surface area contributed by atoms with Gasteiger partial charge in [-0.3, -0.25) is 14.2 Å². The Hall–Kier alpha value is -2.79. The maximum atomic E-state index is 13.2. The number of hydrogen-bond donors (Lipinski definition) is 2. The van der Waals surface area contributed by atoms with Crippen LogP contribution < -0.4 is 5.73 Å². The molecule has 140 valence electrons. The number of hydrogen-bond acceptors (Lipinski definition) is 3. The largest absolute Gasteiger partial charge is 0.508 e. The topological polar surface area (TPSA) is 85.3 Å². The van der Waals surface area contributed by atoms with Gasteiger partial charge in [-0.25, -0.2) is 0 Å². The van der Waals surface area contributed by atoms with Gasteiger partial charge < -0.3 is 10.8 Å². The maximum Gasteiger partial charge on any atom is 0.262 e. The fraction of sp³-hybridized carbons (Fsp3) is 0.238. The van der Waals surface area contributed by atoms with E-state index in [4.69, 9.17) is 17.3 Å². The predicted molar refractivity (Wildman–Crippen MR) is 106 cm³/mol. The van der Waals surface area contributed by atoms with Gasteiger partial charge in [0.2, 0.25) is 5.91 Å². The van der Waals surface area contributed by atoms with E-state index < -0.39 is 0 Å². The van der Waals surface area contributed by atoms with Crippen molar-refractivity contribution in [3.05, 3.63) is 64.3 Å². The van der Waals surface area contributed by atoms with Crippen LogP contribution >= 0.6 is 11.6 Å². The van der Waals surface area contributed by atoms with Crippen molar-refractivity contribution in [2.24, 2.45) is 5.73 Å². The number of phenols is 1. The monoisotopic (exact) mass is 384 g/mol. The summed E-state index contributed by atoms with van der Waals surface area (Å²) in [5, 5.41) is 11.2. The number of phenolic OH excluding ortho intramolecular Hbond substituents is 1. The molecule has 2 aromatic carbocycles. The molecule has 0 saturated carbocycles. The predicted octanol–water partition coefficient (Wildman–Crippen LogP) is 4.37. The van der Waals surface area contributed by atoms with Crippen LogP contribution in [-0.4, -0.2) is 21.5 Å². The summed E-state index contributed by atoms with van der Waals surface area (Å²) in [6.45, 7) is 3.86. The van der Waals surface area contributed by atoms with E-state index in [2.05, 4.69) is 0 Å². The molecule has 0 saturated heterocycles. The van der Waals surface area contributed by atoms with Crippen LogP contribution in [0.1, 0.15) is 47.3 Å². The van der Waals surface area contributed by atoms with Gasteiger partial charge in [0, 0.05) is 28.1 Å². The number of benzene rings is 2. The lowest BCUT2D eigenvalue weighted by atomic mass is 9.93. The van der Waals surface area contributed by atoms with Gasteiger partial charge in [-0.1, -0.05) is 24.6 Å². The van der Waals surface area contributed by atoms with Gasteiger partial charge in [0.15, 0.2) is 0 Å². The summed E-state index contributed by atoms with van der Waals surface area (Å²) in [6, 6.07) is 11.7. The first-order valence-electron chi connectivity index (χ1n) is 8.72. The number of nitrogens with zero attached hydrogens (tertiary/aromatic N) is 1. The van der Waals surface area contributed by atoms with Crippen LogP contribution in [0.2, 0.25) is 5.02 Å². The van der Waals surface area contributed by atoms with Crippen molar-refractivity contribution in [3.63, 3.8) is 0 Å². The van der Waals surface area contributed by atoms with Crippen molar-refractivity contribution in [2.75, 3.05) is 0 Å². The van der Waals surface area contributed by atoms with Crippen molar-refractivity contribution in [3.8, 4) is 5.75 Å². The normalized spacial score (nSPS) is 12.3. The number of fused-ring (bicyclic) bond motifs is 1. The van der Waals surface area contributed by atoms with Crippen molar-refractivity contribution < 1.29 is 14.7 Å². The molecular formula is C21H21ClN2O3. The van der Waals surface area contributed by atoms with E-state index in [0.717, 1.165) is 16.6 Å². The Kier molecular flexibility index (Phi) is 5.24. The molecule has 0 aliphatic heterocycles. The molecule has 0 radical (unpaired) electrons. The minimum absolute atomic E-state index is 0.00443. The maximum absolute atomic E-state index is 13.2. The minimum atomic E-state index is -0.360. The molecule has 0 spiro atoms. The second kappa shape index (κ2) is 7.45. The average molecular weight is 385 g/mol. The molecule has 3 aromatic rings. The van der Waals surface area contributed by atoms with Crippen LogP contribution in [-0.2, 0) is 4.79 Å². The van der Waals surface area contributed by atoms with Crippen LogP contribution in [0, 0.1) is 6.92 Å². The van der Waals surface area contributed by atoms with E-state index in [1.54, 1.807) is 47.0 Å². The minimum Gasteiger partial charge on any atom is -0.508 e. The zero-order valence-electron chi connectivity index (χ0n) is 15.2. The number of aromatic nitrogens is 1. The Morgan fingerprint density at radius 3 is 2.63 bits per heavy atom. The SMILES string of the molecule is Cc1c([C@@H](C)CCC(N)=O)c2cc(O)ccc2n1C(=O)c1cccc(Cl)c1. The van der Waals surface area contributed by atoms with E-state index >= 15 is 0 Å². The van der Waals surface area contributed by atoms with E-state index in [9.17, 15) is 14.7 Å². The summed E-state index contributed by atoms with van der Waals surface area (Å²) < 4.78 is 1.64. The molecule has 1 atom stereocenters. The van der Waals surface area contributed by atoms with Gasteiger partial charge in [-0.2, -0.15) is 0 Å². The lowest BCUT2D eigenvalue weighted by Crippen LogP contribution is -2.14. The molecule has 0 unspecified atom stereocenters. The second-order valence-electron chi connectivity index (χ2n) is 6.76. The molecule has 0 aliphatic carbocycles. The van der Waals surface area contributed by atoms with Crippen molar-refractivity contribution in [1.29, 1.82) is 0 Å².